The summed E-state index contributed by atoms with van der Waals surface area (Å²) in [5.74, 6) is 0.716. The molecule has 0 spiro atoms. The molecule has 0 saturated carbocycles. The van der Waals surface area contributed by atoms with E-state index in [2.05, 4.69) is 189 Å². The van der Waals surface area contributed by atoms with E-state index in [0.29, 0.717) is 0 Å². The van der Waals surface area contributed by atoms with E-state index < -0.39 is 0 Å². The molecule has 0 N–H and O–H groups in total. The second kappa shape index (κ2) is 13.3. The maximum absolute atomic E-state index is 4.99. The molecular weight excluding hydrogens is 689 g/mol. The molecule has 57 heavy (non-hydrogen) atoms. The van der Waals surface area contributed by atoms with Gasteiger partial charge in [0.05, 0.1) is 16.7 Å². The molecule has 0 bridgehead atoms. The van der Waals surface area contributed by atoms with Crippen LogP contribution in [0, 0.1) is 6.92 Å². The molecule has 11 rings (SSSR count). The highest BCUT2D eigenvalue weighted by Gasteiger charge is 2.35. The van der Waals surface area contributed by atoms with Crippen molar-refractivity contribution in [2.24, 2.45) is 0 Å². The third-order valence-corrected chi connectivity index (χ3v) is 13.1. The second-order valence-corrected chi connectivity index (χ2v) is 16.3. The first-order chi connectivity index (χ1) is 28.1. The van der Waals surface area contributed by atoms with Gasteiger partial charge in [0, 0.05) is 40.1 Å². The van der Waals surface area contributed by atoms with Gasteiger partial charge in [0.2, 0.25) is 0 Å². The van der Waals surface area contributed by atoms with Gasteiger partial charge in [0.15, 0.2) is 0 Å². The highest BCUT2D eigenvalue weighted by Crippen LogP contribution is 2.53. The summed E-state index contributed by atoms with van der Waals surface area (Å²) in [4.78, 5) is 4.99. The molecule has 0 fully saturated rings. The molecule has 2 heteroatoms. The fourth-order valence-corrected chi connectivity index (χ4v) is 10.3. The summed E-state index contributed by atoms with van der Waals surface area (Å²) in [6, 6.07) is 61.9. The van der Waals surface area contributed by atoms with Crippen molar-refractivity contribution in [2.75, 3.05) is 0 Å². The molecule has 2 heterocycles. The van der Waals surface area contributed by atoms with E-state index in [4.69, 9.17) is 4.98 Å². The average molecular weight is 733 g/mol. The van der Waals surface area contributed by atoms with Gasteiger partial charge in [-0.3, -0.25) is 4.98 Å². The molecule has 0 aliphatic heterocycles. The highest BCUT2D eigenvalue weighted by molar-refractivity contribution is 6.09. The Hall–Kier alpha value is -6.51. The molecule has 7 aromatic carbocycles. The predicted molar refractivity (Wildman–Crippen MR) is 238 cm³/mol. The number of aromatic nitrogens is 2. The first kappa shape index (κ1) is 33.8. The Morgan fingerprint density at radius 2 is 1.21 bits per heavy atom. The summed E-state index contributed by atoms with van der Waals surface area (Å²) < 4.78 is 2.45. The van der Waals surface area contributed by atoms with E-state index in [1.54, 1.807) is 0 Å². The number of hydrogen-bond donors (Lipinski definition) is 0. The maximum atomic E-state index is 4.99. The summed E-state index contributed by atoms with van der Waals surface area (Å²) in [5.41, 5.74) is 22.3. The lowest BCUT2D eigenvalue weighted by atomic mass is 9.68. The molecular formula is C55H44N2. The minimum absolute atomic E-state index is 0.202. The SMILES string of the molecule is CCc1ccc(CC2c3ccc(-c4ccccc4C4c5ccccc5-c5cc(-n6c7ccccc7c7cc(C)ccc76)ccc5C4C)cc3-c3cccnc32)cc1. The predicted octanol–water partition coefficient (Wildman–Crippen LogP) is 14.0. The second-order valence-electron chi connectivity index (χ2n) is 16.3. The van der Waals surface area contributed by atoms with Crippen LogP contribution in [0.2, 0.25) is 0 Å². The lowest BCUT2D eigenvalue weighted by molar-refractivity contribution is 0.650. The third kappa shape index (κ3) is 5.35. The van der Waals surface area contributed by atoms with Crippen molar-refractivity contribution >= 4 is 21.8 Å². The largest absolute Gasteiger partial charge is 0.309 e. The molecule has 2 aliphatic carbocycles. The molecule has 0 radical (unpaired) electrons. The van der Waals surface area contributed by atoms with Gasteiger partial charge in [0.25, 0.3) is 0 Å². The zero-order valence-electron chi connectivity index (χ0n) is 32.7. The Bertz CT molecular complexity index is 3020. The fourth-order valence-electron chi connectivity index (χ4n) is 10.3. The quantitative estimate of drug-likeness (QED) is 0.166. The fraction of sp³-hybridized carbons (Fsp3) is 0.145. The number of benzene rings is 7. The minimum Gasteiger partial charge on any atom is -0.309 e. The van der Waals surface area contributed by atoms with Crippen LogP contribution in [-0.2, 0) is 12.8 Å². The van der Waals surface area contributed by atoms with E-state index in [9.17, 15) is 0 Å². The van der Waals surface area contributed by atoms with Gasteiger partial charge in [-0.25, -0.2) is 0 Å². The minimum atomic E-state index is 0.202. The standard InChI is InChI=1S/C55H44N2/c1-4-36-20-22-37(23-21-36)31-51-43-26-24-38(32-48(43)47-17-11-29-56-55(47)51)41-12-5-7-15-45(41)54-35(3)40-27-25-39(33-49(40)42-13-6-8-16-46(42)54)57-52-18-10-9-14-44(52)50-30-34(2)19-28-53(50)57/h5-30,32-33,35,51,54H,4,31H2,1-3H3. The summed E-state index contributed by atoms with van der Waals surface area (Å²) in [6.45, 7) is 6.83. The molecule has 2 aromatic heterocycles. The summed E-state index contributed by atoms with van der Waals surface area (Å²) in [7, 11) is 0. The van der Waals surface area contributed by atoms with Crippen LogP contribution in [0.1, 0.15) is 76.2 Å². The Labute approximate surface area is 335 Å². The van der Waals surface area contributed by atoms with Gasteiger partial charge >= 0.3 is 0 Å². The van der Waals surface area contributed by atoms with Gasteiger partial charge < -0.3 is 4.57 Å². The smallest absolute Gasteiger partial charge is 0.0560 e. The van der Waals surface area contributed by atoms with Gasteiger partial charge in [-0.2, -0.15) is 0 Å². The molecule has 9 aromatic rings. The highest BCUT2D eigenvalue weighted by atomic mass is 15.0. The number of nitrogens with zero attached hydrogens (tertiary/aromatic N) is 2. The zero-order valence-corrected chi connectivity index (χ0v) is 32.7. The zero-order chi connectivity index (χ0) is 38.2. The van der Waals surface area contributed by atoms with Crippen molar-refractivity contribution in [3.8, 4) is 39.1 Å². The number of pyridine rings is 1. The number of hydrogen-bond acceptors (Lipinski definition) is 1. The summed E-state index contributed by atoms with van der Waals surface area (Å²) >= 11 is 0. The van der Waals surface area contributed by atoms with Crippen LogP contribution in [0.15, 0.2) is 170 Å². The van der Waals surface area contributed by atoms with E-state index >= 15 is 0 Å². The summed E-state index contributed by atoms with van der Waals surface area (Å²) in [6.07, 6.45) is 3.97. The maximum Gasteiger partial charge on any atom is 0.0560 e. The Kier molecular flexibility index (Phi) is 7.89. The Morgan fingerprint density at radius 3 is 2.05 bits per heavy atom. The molecule has 2 nitrogen and oxygen atoms in total. The van der Waals surface area contributed by atoms with Gasteiger partial charge in [-0.15, -0.1) is 0 Å². The molecule has 274 valence electrons. The van der Waals surface area contributed by atoms with E-state index in [1.165, 1.54) is 106 Å². The normalized spacial score (nSPS) is 16.6. The Balaban J connectivity index is 1.01. The van der Waals surface area contributed by atoms with Crippen molar-refractivity contribution in [1.82, 2.24) is 9.55 Å². The number of aryl methyl sites for hydroxylation is 2. The van der Waals surface area contributed by atoms with Crippen molar-refractivity contribution < 1.29 is 0 Å². The monoisotopic (exact) mass is 732 g/mol. The molecule has 3 unspecified atom stereocenters. The van der Waals surface area contributed by atoms with Gasteiger partial charge in [0.1, 0.15) is 0 Å². The van der Waals surface area contributed by atoms with Gasteiger partial charge in [-0.1, -0.05) is 141 Å². The summed E-state index contributed by atoms with van der Waals surface area (Å²) in [5, 5.41) is 2.60. The molecule has 0 amide bonds. The third-order valence-electron chi connectivity index (χ3n) is 13.1. The Morgan fingerprint density at radius 1 is 0.526 bits per heavy atom. The van der Waals surface area contributed by atoms with Crippen LogP contribution in [0.5, 0.6) is 0 Å². The molecule has 2 aliphatic rings. The van der Waals surface area contributed by atoms with Crippen molar-refractivity contribution in [3.63, 3.8) is 0 Å². The van der Waals surface area contributed by atoms with Crippen LogP contribution < -0.4 is 0 Å². The van der Waals surface area contributed by atoms with Crippen molar-refractivity contribution in [2.45, 2.75) is 51.4 Å². The van der Waals surface area contributed by atoms with Crippen LogP contribution in [-0.4, -0.2) is 9.55 Å². The van der Waals surface area contributed by atoms with Gasteiger partial charge in [-0.05, 0) is 129 Å². The van der Waals surface area contributed by atoms with Crippen LogP contribution in [0.3, 0.4) is 0 Å². The average Bonchev–Trinajstić information content (AvgIpc) is 3.75. The van der Waals surface area contributed by atoms with Crippen molar-refractivity contribution in [3.05, 3.63) is 215 Å². The first-order valence-electron chi connectivity index (χ1n) is 20.6. The van der Waals surface area contributed by atoms with Crippen LogP contribution in [0.4, 0.5) is 0 Å². The number of rotatable bonds is 6. The molecule has 3 atom stereocenters. The number of fused-ring (bicyclic) bond motifs is 9. The van der Waals surface area contributed by atoms with Crippen molar-refractivity contribution in [1.29, 1.82) is 0 Å². The van der Waals surface area contributed by atoms with Crippen LogP contribution >= 0.6 is 0 Å². The van der Waals surface area contributed by atoms with E-state index in [-0.39, 0.29) is 17.8 Å². The first-order valence-corrected chi connectivity index (χ1v) is 20.6. The van der Waals surface area contributed by atoms with E-state index in [1.807, 2.05) is 6.20 Å². The number of para-hydroxylation sites is 1. The van der Waals surface area contributed by atoms with E-state index in [0.717, 1.165) is 12.8 Å². The molecule has 0 saturated heterocycles. The lowest BCUT2D eigenvalue weighted by Gasteiger charge is -2.35. The topological polar surface area (TPSA) is 17.8 Å². The lowest BCUT2D eigenvalue weighted by Crippen LogP contribution is -2.18. The van der Waals surface area contributed by atoms with Crippen LogP contribution in [0.25, 0.3) is 60.9 Å².